The number of hydrogen-bond acceptors (Lipinski definition) is 3. The molecule has 1 fully saturated rings. The van der Waals surface area contributed by atoms with Gasteiger partial charge in [0.2, 0.25) is 5.91 Å². The first-order valence-electron chi connectivity index (χ1n) is 6.52. The van der Waals surface area contributed by atoms with Crippen molar-refractivity contribution in [3.05, 3.63) is 0 Å². The lowest BCUT2D eigenvalue weighted by atomic mass is 9.73. The molecule has 5 nitrogen and oxygen atoms in total. The zero-order valence-electron chi connectivity index (χ0n) is 11.4. The molecule has 0 aromatic heterocycles. The molecule has 104 valence electrons. The van der Waals surface area contributed by atoms with E-state index in [1.807, 2.05) is 13.8 Å². The zero-order valence-corrected chi connectivity index (χ0v) is 11.4. The van der Waals surface area contributed by atoms with Crippen LogP contribution in [-0.4, -0.2) is 35.7 Å². The Morgan fingerprint density at radius 1 is 1.50 bits per heavy atom. The van der Waals surface area contributed by atoms with E-state index in [0.717, 1.165) is 12.8 Å². The Kier molecular flexibility index (Phi) is 5.14. The molecule has 0 aliphatic heterocycles. The molecule has 1 aliphatic rings. The van der Waals surface area contributed by atoms with Gasteiger partial charge in [0, 0.05) is 7.11 Å². The van der Waals surface area contributed by atoms with E-state index < -0.39 is 23.5 Å². The third kappa shape index (κ3) is 3.22. The van der Waals surface area contributed by atoms with Gasteiger partial charge in [-0.2, -0.15) is 0 Å². The maximum absolute atomic E-state index is 12.0. The molecular formula is C13H23NO4. The Morgan fingerprint density at radius 2 is 2.17 bits per heavy atom. The number of carboxylic acids is 1. The Morgan fingerprint density at radius 3 is 2.67 bits per heavy atom. The number of nitrogens with one attached hydrogen (secondary N) is 1. The van der Waals surface area contributed by atoms with E-state index >= 15 is 0 Å². The molecule has 5 heteroatoms. The van der Waals surface area contributed by atoms with Crippen molar-refractivity contribution in [1.29, 1.82) is 0 Å². The molecule has 0 aromatic rings. The van der Waals surface area contributed by atoms with E-state index in [-0.39, 0.29) is 5.91 Å². The van der Waals surface area contributed by atoms with Crippen molar-refractivity contribution in [2.75, 3.05) is 7.11 Å². The van der Waals surface area contributed by atoms with Gasteiger partial charge in [0.1, 0.15) is 6.10 Å². The van der Waals surface area contributed by atoms with Crippen LogP contribution >= 0.6 is 0 Å². The van der Waals surface area contributed by atoms with Gasteiger partial charge in [0.25, 0.3) is 0 Å². The van der Waals surface area contributed by atoms with Crippen LogP contribution in [0, 0.1) is 5.92 Å². The highest BCUT2D eigenvalue weighted by Crippen LogP contribution is 2.34. The molecule has 1 saturated carbocycles. The highest BCUT2D eigenvalue weighted by Gasteiger charge is 2.42. The maximum atomic E-state index is 12.0. The van der Waals surface area contributed by atoms with E-state index in [1.165, 1.54) is 7.11 Å². The van der Waals surface area contributed by atoms with Crippen LogP contribution in [0.2, 0.25) is 0 Å². The lowest BCUT2D eigenvalue weighted by molar-refractivity contribution is -0.147. The van der Waals surface area contributed by atoms with Crippen LogP contribution in [0.25, 0.3) is 0 Å². The van der Waals surface area contributed by atoms with Crippen LogP contribution in [-0.2, 0) is 14.3 Å². The summed E-state index contributed by atoms with van der Waals surface area (Å²) in [6.45, 7) is 3.69. The first kappa shape index (κ1) is 15.0. The number of carbonyl (C=O) groups is 2. The van der Waals surface area contributed by atoms with Crippen molar-refractivity contribution in [2.24, 2.45) is 5.92 Å². The smallest absolute Gasteiger partial charge is 0.308 e. The van der Waals surface area contributed by atoms with Crippen molar-refractivity contribution in [2.45, 2.75) is 57.6 Å². The predicted molar refractivity (Wildman–Crippen MR) is 67.2 cm³/mol. The van der Waals surface area contributed by atoms with Gasteiger partial charge in [-0.15, -0.1) is 0 Å². The van der Waals surface area contributed by atoms with E-state index in [1.54, 1.807) is 0 Å². The molecule has 0 saturated heterocycles. The molecule has 18 heavy (non-hydrogen) atoms. The van der Waals surface area contributed by atoms with E-state index in [0.29, 0.717) is 19.3 Å². The van der Waals surface area contributed by atoms with Crippen LogP contribution in [0.5, 0.6) is 0 Å². The number of carbonyl (C=O) groups excluding carboxylic acids is 1. The quantitative estimate of drug-likeness (QED) is 0.783. The fourth-order valence-corrected chi connectivity index (χ4v) is 2.70. The fraction of sp³-hybridized carbons (Fsp3) is 0.846. The molecule has 3 atom stereocenters. The summed E-state index contributed by atoms with van der Waals surface area (Å²) in [7, 11) is 1.49. The molecule has 2 N–H and O–H groups in total. The van der Waals surface area contributed by atoms with Crippen LogP contribution in [0.3, 0.4) is 0 Å². The topological polar surface area (TPSA) is 75.6 Å². The van der Waals surface area contributed by atoms with Crippen LogP contribution in [0.1, 0.15) is 46.0 Å². The molecule has 0 radical (unpaired) electrons. The average Bonchev–Trinajstić information content (AvgIpc) is 2.30. The van der Waals surface area contributed by atoms with Crippen molar-refractivity contribution in [3.63, 3.8) is 0 Å². The number of amides is 1. The summed E-state index contributed by atoms with van der Waals surface area (Å²) in [5, 5.41) is 12.1. The predicted octanol–water partition coefficient (Wildman–Crippen LogP) is 1.56. The molecular weight excluding hydrogens is 234 g/mol. The van der Waals surface area contributed by atoms with Gasteiger partial charge < -0.3 is 15.2 Å². The third-order valence-corrected chi connectivity index (χ3v) is 3.86. The SMILES string of the molecule is CCC(OC)C(=O)NC1(C)CCCCC1C(=O)O. The fourth-order valence-electron chi connectivity index (χ4n) is 2.70. The minimum atomic E-state index is -0.831. The zero-order chi connectivity index (χ0) is 13.8. The van der Waals surface area contributed by atoms with Gasteiger partial charge >= 0.3 is 5.97 Å². The minimum Gasteiger partial charge on any atom is -0.481 e. The molecule has 3 unspecified atom stereocenters. The molecule has 0 bridgehead atoms. The van der Waals surface area contributed by atoms with Crippen molar-refractivity contribution in [1.82, 2.24) is 5.32 Å². The van der Waals surface area contributed by atoms with Gasteiger partial charge in [0.05, 0.1) is 11.5 Å². The molecule has 0 heterocycles. The number of ether oxygens (including phenoxy) is 1. The maximum Gasteiger partial charge on any atom is 0.308 e. The molecule has 1 amide bonds. The van der Waals surface area contributed by atoms with E-state index in [4.69, 9.17) is 4.74 Å². The van der Waals surface area contributed by atoms with Gasteiger partial charge in [-0.1, -0.05) is 19.8 Å². The monoisotopic (exact) mass is 257 g/mol. The van der Waals surface area contributed by atoms with Crippen molar-refractivity contribution in [3.8, 4) is 0 Å². The summed E-state index contributed by atoms with van der Waals surface area (Å²) < 4.78 is 5.08. The van der Waals surface area contributed by atoms with Gasteiger partial charge in [-0.3, -0.25) is 9.59 Å². The molecule has 1 rings (SSSR count). The average molecular weight is 257 g/mol. The van der Waals surface area contributed by atoms with Gasteiger partial charge in [-0.05, 0) is 26.2 Å². The second-order valence-electron chi connectivity index (χ2n) is 5.18. The first-order chi connectivity index (χ1) is 8.44. The normalized spacial score (nSPS) is 29.6. The summed E-state index contributed by atoms with van der Waals surface area (Å²) in [5.41, 5.74) is -0.660. The number of carboxylic acid groups (broad SMARTS) is 1. The molecule has 0 spiro atoms. The lowest BCUT2D eigenvalue weighted by Gasteiger charge is -2.40. The van der Waals surface area contributed by atoms with Crippen molar-refractivity contribution >= 4 is 11.9 Å². The summed E-state index contributed by atoms with van der Waals surface area (Å²) in [6, 6.07) is 0. The summed E-state index contributed by atoms with van der Waals surface area (Å²) >= 11 is 0. The molecule has 0 aromatic carbocycles. The Bertz CT molecular complexity index is 314. The van der Waals surface area contributed by atoms with Crippen molar-refractivity contribution < 1.29 is 19.4 Å². The summed E-state index contributed by atoms with van der Waals surface area (Å²) in [6.07, 6.45) is 3.26. The summed E-state index contributed by atoms with van der Waals surface area (Å²) in [5.74, 6) is -1.55. The number of rotatable bonds is 5. The Hall–Kier alpha value is -1.10. The largest absolute Gasteiger partial charge is 0.481 e. The van der Waals surface area contributed by atoms with Crippen LogP contribution < -0.4 is 5.32 Å². The van der Waals surface area contributed by atoms with Gasteiger partial charge in [-0.25, -0.2) is 0 Å². The standard InChI is InChI=1S/C13H23NO4/c1-4-10(18-3)11(15)14-13(2)8-6-5-7-9(13)12(16)17/h9-10H,4-8H2,1-3H3,(H,14,15)(H,16,17). The summed E-state index contributed by atoms with van der Waals surface area (Å²) in [4.78, 5) is 23.3. The molecule has 1 aliphatic carbocycles. The van der Waals surface area contributed by atoms with Gasteiger partial charge in [0.15, 0.2) is 0 Å². The number of methoxy groups -OCH3 is 1. The lowest BCUT2D eigenvalue weighted by Crippen LogP contribution is -2.57. The second-order valence-corrected chi connectivity index (χ2v) is 5.18. The van der Waals surface area contributed by atoms with Crippen LogP contribution in [0.4, 0.5) is 0 Å². The van der Waals surface area contributed by atoms with Crippen LogP contribution in [0.15, 0.2) is 0 Å². The van der Waals surface area contributed by atoms with E-state index in [2.05, 4.69) is 5.32 Å². The third-order valence-electron chi connectivity index (χ3n) is 3.86. The minimum absolute atomic E-state index is 0.212. The first-order valence-corrected chi connectivity index (χ1v) is 6.52. The number of aliphatic carboxylic acids is 1. The highest BCUT2D eigenvalue weighted by atomic mass is 16.5. The number of hydrogen-bond donors (Lipinski definition) is 2. The highest BCUT2D eigenvalue weighted by molar-refractivity contribution is 5.82. The second kappa shape index (κ2) is 6.18. The Balaban J connectivity index is 2.77. The Labute approximate surface area is 108 Å². The van der Waals surface area contributed by atoms with E-state index in [9.17, 15) is 14.7 Å².